The number of rotatable bonds is 5. The van der Waals surface area contributed by atoms with Crippen molar-refractivity contribution in [1.29, 1.82) is 0 Å². The minimum absolute atomic E-state index is 0.00145. The lowest BCUT2D eigenvalue weighted by Gasteiger charge is -2.18. The van der Waals surface area contributed by atoms with Crippen LogP contribution in [0.1, 0.15) is 39.2 Å². The van der Waals surface area contributed by atoms with Crippen molar-refractivity contribution in [2.45, 2.75) is 40.0 Å². The van der Waals surface area contributed by atoms with Crippen LogP contribution in [0.4, 0.5) is 5.69 Å². The van der Waals surface area contributed by atoms with Gasteiger partial charge in [-0.3, -0.25) is 9.59 Å². The van der Waals surface area contributed by atoms with Crippen LogP contribution in [0.3, 0.4) is 0 Å². The quantitative estimate of drug-likeness (QED) is 0.870. The minimum atomic E-state index is -0.0431. The third-order valence-electron chi connectivity index (χ3n) is 4.18. The van der Waals surface area contributed by atoms with Crippen LogP contribution in [-0.4, -0.2) is 41.5 Å². The van der Waals surface area contributed by atoms with E-state index in [2.05, 4.69) is 5.32 Å². The Bertz CT molecular complexity index is 575. The van der Waals surface area contributed by atoms with Gasteiger partial charge in [-0.15, -0.1) is 0 Å². The second-order valence-corrected chi connectivity index (χ2v) is 7.84. The molecule has 0 radical (unpaired) electrons. The number of hydrogen-bond acceptors (Lipinski definition) is 3. The first-order valence-corrected chi connectivity index (χ1v) is 8.54. The molecule has 24 heavy (non-hydrogen) atoms. The van der Waals surface area contributed by atoms with E-state index in [1.165, 1.54) is 0 Å². The highest BCUT2D eigenvalue weighted by molar-refractivity contribution is 5.91. The molecular weight excluding hydrogens is 304 g/mol. The predicted molar refractivity (Wildman–Crippen MR) is 94.6 cm³/mol. The van der Waals surface area contributed by atoms with Crippen molar-refractivity contribution in [2.75, 3.05) is 25.0 Å². The van der Waals surface area contributed by atoms with Gasteiger partial charge in [0.25, 0.3) is 0 Å². The first-order valence-electron chi connectivity index (χ1n) is 8.54. The van der Waals surface area contributed by atoms with E-state index in [1.54, 1.807) is 0 Å². The van der Waals surface area contributed by atoms with Crippen molar-refractivity contribution >= 4 is 17.5 Å². The maximum Gasteiger partial charge on any atom is 0.227 e. The summed E-state index contributed by atoms with van der Waals surface area (Å²) in [6.07, 6.45) is 1.70. The van der Waals surface area contributed by atoms with Gasteiger partial charge in [0.15, 0.2) is 0 Å². The molecule has 0 bridgehead atoms. The molecule has 1 aliphatic rings. The van der Waals surface area contributed by atoms with Crippen LogP contribution >= 0.6 is 0 Å². The average molecular weight is 332 g/mol. The van der Waals surface area contributed by atoms with Gasteiger partial charge >= 0.3 is 0 Å². The lowest BCUT2D eigenvalue weighted by molar-refractivity contribution is -0.129. The molecule has 132 valence electrons. The van der Waals surface area contributed by atoms with Crippen molar-refractivity contribution in [2.24, 2.45) is 11.3 Å². The number of amides is 2. The fraction of sp³-hybridized carbons (Fsp3) is 0.579. The van der Waals surface area contributed by atoms with Crippen LogP contribution in [0.25, 0.3) is 0 Å². The van der Waals surface area contributed by atoms with Gasteiger partial charge in [-0.05, 0) is 29.5 Å². The zero-order valence-corrected chi connectivity index (χ0v) is 14.8. The molecule has 1 unspecified atom stereocenters. The Morgan fingerprint density at radius 3 is 2.46 bits per heavy atom. The number of anilines is 1. The van der Waals surface area contributed by atoms with Crippen LogP contribution in [0.5, 0.6) is 0 Å². The van der Waals surface area contributed by atoms with Crippen LogP contribution < -0.4 is 5.32 Å². The second-order valence-electron chi connectivity index (χ2n) is 7.84. The molecule has 5 nitrogen and oxygen atoms in total. The molecule has 1 aliphatic heterocycles. The average Bonchev–Trinajstić information content (AvgIpc) is 2.96. The summed E-state index contributed by atoms with van der Waals surface area (Å²) in [4.78, 5) is 26.0. The number of nitrogens with zero attached hydrogens (tertiary/aromatic N) is 1. The van der Waals surface area contributed by atoms with Gasteiger partial charge < -0.3 is 15.3 Å². The molecule has 2 rings (SSSR count). The highest BCUT2D eigenvalue weighted by Crippen LogP contribution is 2.20. The monoisotopic (exact) mass is 332 g/mol. The Morgan fingerprint density at radius 2 is 1.92 bits per heavy atom. The third-order valence-corrected chi connectivity index (χ3v) is 4.18. The molecule has 1 saturated heterocycles. The van der Waals surface area contributed by atoms with Gasteiger partial charge in [0, 0.05) is 37.7 Å². The van der Waals surface area contributed by atoms with E-state index in [1.807, 2.05) is 49.9 Å². The van der Waals surface area contributed by atoms with Gasteiger partial charge in [0.05, 0.1) is 6.42 Å². The molecule has 0 aromatic heterocycles. The Hall–Kier alpha value is -1.88. The Labute approximate surface area is 144 Å². The molecule has 5 heteroatoms. The van der Waals surface area contributed by atoms with Crippen LogP contribution in [0, 0.1) is 11.3 Å². The summed E-state index contributed by atoms with van der Waals surface area (Å²) in [6.45, 7) is 7.61. The van der Waals surface area contributed by atoms with Crippen LogP contribution in [0.2, 0.25) is 0 Å². The summed E-state index contributed by atoms with van der Waals surface area (Å²) >= 11 is 0. The van der Waals surface area contributed by atoms with E-state index in [0.29, 0.717) is 19.4 Å². The molecule has 1 aromatic carbocycles. The molecule has 2 N–H and O–H groups in total. The zero-order chi connectivity index (χ0) is 17.7. The SMILES string of the molecule is CC(C)(C)CC(=O)Nc1ccc(CC(=O)N2CCC(CO)C2)cc1. The third kappa shape index (κ3) is 5.64. The second kappa shape index (κ2) is 7.79. The number of carbonyl (C=O) groups is 2. The lowest BCUT2D eigenvalue weighted by Crippen LogP contribution is -2.30. The van der Waals surface area contributed by atoms with Crippen molar-refractivity contribution in [1.82, 2.24) is 4.90 Å². The maximum atomic E-state index is 12.3. The van der Waals surface area contributed by atoms with E-state index >= 15 is 0 Å². The van der Waals surface area contributed by atoms with E-state index in [0.717, 1.165) is 24.2 Å². The fourth-order valence-corrected chi connectivity index (χ4v) is 2.89. The highest BCUT2D eigenvalue weighted by atomic mass is 16.3. The van der Waals surface area contributed by atoms with E-state index in [-0.39, 0.29) is 29.8 Å². The topological polar surface area (TPSA) is 69.6 Å². The van der Waals surface area contributed by atoms with Crippen molar-refractivity contribution in [3.8, 4) is 0 Å². The summed E-state index contributed by atoms with van der Waals surface area (Å²) in [5.41, 5.74) is 1.64. The number of hydrogen-bond donors (Lipinski definition) is 2. The molecular formula is C19H28N2O3. The summed E-state index contributed by atoms with van der Waals surface area (Å²) in [6, 6.07) is 7.43. The molecule has 0 aliphatic carbocycles. The number of carbonyl (C=O) groups excluding carboxylic acids is 2. The maximum absolute atomic E-state index is 12.3. The summed E-state index contributed by atoms with van der Waals surface area (Å²) in [7, 11) is 0. The van der Waals surface area contributed by atoms with Crippen molar-refractivity contribution in [3.05, 3.63) is 29.8 Å². The molecule has 1 fully saturated rings. The highest BCUT2D eigenvalue weighted by Gasteiger charge is 2.25. The number of aliphatic hydroxyl groups is 1. The smallest absolute Gasteiger partial charge is 0.227 e. The van der Waals surface area contributed by atoms with Gasteiger partial charge in [0.2, 0.25) is 11.8 Å². The van der Waals surface area contributed by atoms with E-state index < -0.39 is 0 Å². The standard InChI is InChI=1S/C19H28N2O3/c1-19(2,3)11-17(23)20-16-6-4-14(5-7-16)10-18(24)21-9-8-15(12-21)13-22/h4-7,15,22H,8-13H2,1-3H3,(H,20,23). The van der Waals surface area contributed by atoms with E-state index in [9.17, 15) is 9.59 Å². The largest absolute Gasteiger partial charge is 0.396 e. The number of nitrogens with one attached hydrogen (secondary N) is 1. The zero-order valence-electron chi connectivity index (χ0n) is 14.8. The first kappa shape index (κ1) is 18.5. The minimum Gasteiger partial charge on any atom is -0.396 e. The fourth-order valence-electron chi connectivity index (χ4n) is 2.89. The summed E-state index contributed by atoms with van der Waals surface area (Å²) in [5, 5.41) is 12.0. The Balaban J connectivity index is 1.86. The van der Waals surface area contributed by atoms with Gasteiger partial charge in [-0.2, -0.15) is 0 Å². The van der Waals surface area contributed by atoms with Crippen LogP contribution in [0.15, 0.2) is 24.3 Å². The molecule has 2 amide bonds. The molecule has 1 heterocycles. The molecule has 1 aromatic rings. The van der Waals surface area contributed by atoms with Crippen LogP contribution in [-0.2, 0) is 16.0 Å². The Kier molecular flexibility index (Phi) is 5.99. The predicted octanol–water partition coefficient (Wildman–Crippen LogP) is 2.44. The number of aliphatic hydroxyl groups excluding tert-OH is 1. The summed E-state index contributed by atoms with van der Waals surface area (Å²) in [5.74, 6) is 0.309. The van der Waals surface area contributed by atoms with Gasteiger partial charge in [-0.1, -0.05) is 32.9 Å². The lowest BCUT2D eigenvalue weighted by atomic mass is 9.92. The molecule has 1 atom stereocenters. The first-order chi connectivity index (χ1) is 11.3. The van der Waals surface area contributed by atoms with E-state index in [4.69, 9.17) is 5.11 Å². The van der Waals surface area contributed by atoms with Gasteiger partial charge in [-0.25, -0.2) is 0 Å². The normalized spacial score (nSPS) is 17.8. The number of benzene rings is 1. The summed E-state index contributed by atoms with van der Waals surface area (Å²) < 4.78 is 0. The molecule has 0 saturated carbocycles. The number of likely N-dealkylation sites (tertiary alicyclic amines) is 1. The Morgan fingerprint density at radius 1 is 1.25 bits per heavy atom. The van der Waals surface area contributed by atoms with Crippen molar-refractivity contribution in [3.63, 3.8) is 0 Å². The van der Waals surface area contributed by atoms with Gasteiger partial charge in [0.1, 0.15) is 0 Å². The van der Waals surface area contributed by atoms with Crippen molar-refractivity contribution < 1.29 is 14.7 Å². The molecule has 0 spiro atoms.